The average molecular weight is 289 g/mol. The topological polar surface area (TPSA) is 112 Å². The van der Waals surface area contributed by atoms with Crippen LogP contribution in [0.3, 0.4) is 0 Å². The van der Waals surface area contributed by atoms with Crippen molar-refractivity contribution >= 4 is 16.0 Å². The van der Waals surface area contributed by atoms with Crippen molar-refractivity contribution in [3.63, 3.8) is 0 Å². The summed E-state index contributed by atoms with van der Waals surface area (Å²) in [6, 6.07) is -0.655. The minimum atomic E-state index is -3.74. The molecule has 1 aromatic rings. The molecule has 108 valence electrons. The van der Waals surface area contributed by atoms with E-state index in [0.717, 1.165) is 0 Å². The Kier molecular flexibility index (Phi) is 4.70. The summed E-state index contributed by atoms with van der Waals surface area (Å²) < 4.78 is 26.4. The van der Waals surface area contributed by atoms with Gasteiger partial charge < -0.3 is 5.11 Å². The van der Waals surface area contributed by atoms with E-state index >= 15 is 0 Å². The first-order chi connectivity index (χ1) is 8.60. The second kappa shape index (κ2) is 5.70. The number of hydrogen-bond acceptors (Lipinski definition) is 4. The number of nitrogens with one attached hydrogen (secondary N) is 2. The van der Waals surface area contributed by atoms with E-state index in [0.29, 0.717) is 6.42 Å². The molecule has 0 amide bonds. The number of carbonyl (C=O) groups is 1. The number of hydrogen-bond donors (Lipinski definition) is 3. The number of H-pyrrole nitrogens is 1. The predicted octanol–water partition coefficient (Wildman–Crippen LogP) is 0.968. The molecule has 1 atom stereocenters. The van der Waals surface area contributed by atoms with Crippen LogP contribution in [0.2, 0.25) is 0 Å². The van der Waals surface area contributed by atoms with E-state index in [-0.39, 0.29) is 16.7 Å². The van der Waals surface area contributed by atoms with E-state index in [1.807, 2.05) is 20.8 Å². The zero-order valence-corrected chi connectivity index (χ0v) is 12.0. The summed E-state index contributed by atoms with van der Waals surface area (Å²) in [5.74, 6) is -1.04. The van der Waals surface area contributed by atoms with Gasteiger partial charge in [0.05, 0.1) is 12.6 Å². The summed E-state index contributed by atoms with van der Waals surface area (Å²) in [7, 11) is -3.74. The van der Waals surface area contributed by atoms with Gasteiger partial charge in [-0.05, 0) is 11.8 Å². The van der Waals surface area contributed by atoms with Crippen LogP contribution in [0.1, 0.15) is 33.6 Å². The Morgan fingerprint density at radius 2 is 2.16 bits per heavy atom. The molecule has 0 aliphatic carbocycles. The Balaban J connectivity index is 2.85. The van der Waals surface area contributed by atoms with E-state index in [1.165, 1.54) is 12.4 Å². The number of carboxylic acids is 1. The van der Waals surface area contributed by atoms with Crippen molar-refractivity contribution < 1.29 is 18.3 Å². The van der Waals surface area contributed by atoms with E-state index in [9.17, 15) is 13.2 Å². The Hall–Kier alpha value is -1.41. The Morgan fingerprint density at radius 3 is 2.58 bits per heavy atom. The summed E-state index contributed by atoms with van der Waals surface area (Å²) in [6.45, 7) is 5.77. The van der Waals surface area contributed by atoms with Gasteiger partial charge in [-0.25, -0.2) is 13.1 Å². The van der Waals surface area contributed by atoms with Crippen LogP contribution in [0.25, 0.3) is 0 Å². The van der Waals surface area contributed by atoms with Gasteiger partial charge in [0.15, 0.2) is 0 Å². The third-order valence-corrected chi connectivity index (χ3v) is 3.87. The molecule has 3 N–H and O–H groups in total. The minimum absolute atomic E-state index is 0.00296. The van der Waals surface area contributed by atoms with Crippen molar-refractivity contribution in [1.29, 1.82) is 0 Å². The summed E-state index contributed by atoms with van der Waals surface area (Å²) in [6.07, 6.45) is 2.60. The maximum absolute atomic E-state index is 12.0. The number of carboxylic acid groups (broad SMARTS) is 1. The van der Waals surface area contributed by atoms with Gasteiger partial charge >= 0.3 is 5.97 Å². The molecular formula is C11H19N3O4S. The van der Waals surface area contributed by atoms with Crippen LogP contribution >= 0.6 is 0 Å². The first-order valence-corrected chi connectivity index (χ1v) is 7.31. The zero-order chi connectivity index (χ0) is 14.7. The predicted molar refractivity (Wildman–Crippen MR) is 69.0 cm³/mol. The Bertz CT molecular complexity index is 517. The third kappa shape index (κ3) is 5.39. The smallest absolute Gasteiger partial charge is 0.304 e. The van der Waals surface area contributed by atoms with Crippen molar-refractivity contribution in [2.75, 3.05) is 0 Å². The molecule has 1 unspecified atom stereocenters. The van der Waals surface area contributed by atoms with Crippen molar-refractivity contribution in [3.8, 4) is 0 Å². The van der Waals surface area contributed by atoms with Crippen molar-refractivity contribution in [1.82, 2.24) is 14.9 Å². The molecule has 8 heteroatoms. The molecule has 0 fully saturated rings. The fourth-order valence-electron chi connectivity index (χ4n) is 1.78. The van der Waals surface area contributed by atoms with Crippen LogP contribution in [-0.2, 0) is 14.8 Å². The molecule has 0 spiro atoms. The van der Waals surface area contributed by atoms with Crippen LogP contribution in [0.5, 0.6) is 0 Å². The SMILES string of the molecule is CC(C)(C)CC(CC(=O)O)NS(=O)(=O)c1cn[nH]c1. The molecule has 0 aromatic carbocycles. The Labute approximate surface area is 112 Å². The first-order valence-electron chi connectivity index (χ1n) is 5.83. The van der Waals surface area contributed by atoms with E-state index in [2.05, 4.69) is 14.9 Å². The van der Waals surface area contributed by atoms with Crippen LogP contribution in [0, 0.1) is 5.41 Å². The quantitative estimate of drug-likeness (QED) is 0.722. The van der Waals surface area contributed by atoms with Crippen molar-refractivity contribution in [3.05, 3.63) is 12.4 Å². The maximum atomic E-state index is 12.0. The van der Waals surface area contributed by atoms with Gasteiger partial charge in [-0.3, -0.25) is 9.89 Å². The number of aliphatic carboxylic acids is 1. The van der Waals surface area contributed by atoms with Gasteiger partial charge in [0, 0.05) is 12.2 Å². The molecule has 1 heterocycles. The lowest BCUT2D eigenvalue weighted by molar-refractivity contribution is -0.137. The largest absolute Gasteiger partial charge is 0.481 e. The monoisotopic (exact) mass is 289 g/mol. The van der Waals surface area contributed by atoms with Crippen LogP contribution in [0.4, 0.5) is 0 Å². The highest BCUT2D eigenvalue weighted by atomic mass is 32.2. The van der Waals surface area contributed by atoms with E-state index in [4.69, 9.17) is 5.11 Å². The maximum Gasteiger partial charge on any atom is 0.304 e. The molecule has 0 bridgehead atoms. The van der Waals surface area contributed by atoms with Gasteiger partial charge in [-0.2, -0.15) is 5.10 Å². The van der Waals surface area contributed by atoms with Gasteiger partial charge in [0.25, 0.3) is 0 Å². The molecule has 7 nitrogen and oxygen atoms in total. The standard InChI is InChI=1S/C11H19N3O4S/c1-11(2,3)5-8(4-10(15)16)14-19(17,18)9-6-12-13-7-9/h6-8,14H,4-5H2,1-3H3,(H,12,13)(H,15,16). The van der Waals surface area contributed by atoms with Crippen LogP contribution in [-0.4, -0.2) is 35.7 Å². The molecule has 0 aliphatic rings. The molecule has 0 saturated carbocycles. The van der Waals surface area contributed by atoms with Crippen molar-refractivity contribution in [2.45, 2.75) is 44.6 Å². The summed E-state index contributed by atoms with van der Waals surface area (Å²) in [5.41, 5.74) is -0.182. The molecule has 1 rings (SSSR count). The van der Waals surface area contributed by atoms with Gasteiger partial charge in [-0.15, -0.1) is 0 Å². The lowest BCUT2D eigenvalue weighted by atomic mass is 9.87. The van der Waals surface area contributed by atoms with E-state index < -0.39 is 22.0 Å². The van der Waals surface area contributed by atoms with Crippen molar-refractivity contribution in [2.24, 2.45) is 5.41 Å². The summed E-state index contributed by atoms with van der Waals surface area (Å²) in [5, 5.41) is 14.8. The molecule has 0 saturated heterocycles. The van der Waals surface area contributed by atoms with Gasteiger partial charge in [0.1, 0.15) is 4.90 Å². The average Bonchev–Trinajstić information content (AvgIpc) is 2.64. The summed E-state index contributed by atoms with van der Waals surface area (Å²) in [4.78, 5) is 10.8. The van der Waals surface area contributed by atoms with E-state index in [1.54, 1.807) is 0 Å². The molecule has 0 aliphatic heterocycles. The lowest BCUT2D eigenvalue weighted by Gasteiger charge is -2.25. The van der Waals surface area contributed by atoms with Crippen LogP contribution < -0.4 is 4.72 Å². The number of sulfonamides is 1. The summed E-state index contributed by atoms with van der Waals surface area (Å²) >= 11 is 0. The number of aromatic nitrogens is 2. The molecule has 19 heavy (non-hydrogen) atoms. The second-order valence-electron chi connectivity index (χ2n) is 5.61. The highest BCUT2D eigenvalue weighted by molar-refractivity contribution is 7.89. The zero-order valence-electron chi connectivity index (χ0n) is 11.2. The third-order valence-electron chi connectivity index (χ3n) is 2.39. The van der Waals surface area contributed by atoms with Gasteiger partial charge in [-0.1, -0.05) is 20.8 Å². The Morgan fingerprint density at radius 1 is 1.53 bits per heavy atom. The van der Waals surface area contributed by atoms with Crippen LogP contribution in [0.15, 0.2) is 17.3 Å². The second-order valence-corrected chi connectivity index (χ2v) is 7.33. The normalized spacial score (nSPS) is 14.3. The number of nitrogens with zero attached hydrogens (tertiary/aromatic N) is 1. The highest BCUT2D eigenvalue weighted by Crippen LogP contribution is 2.23. The fraction of sp³-hybridized carbons (Fsp3) is 0.636. The minimum Gasteiger partial charge on any atom is -0.481 e. The molecule has 1 aromatic heterocycles. The molecule has 0 radical (unpaired) electrons. The highest BCUT2D eigenvalue weighted by Gasteiger charge is 2.26. The fourth-order valence-corrected chi connectivity index (χ4v) is 2.92. The van der Waals surface area contributed by atoms with Gasteiger partial charge in [0.2, 0.25) is 10.0 Å². The first kappa shape index (κ1) is 15.6. The number of aromatic amines is 1. The lowest BCUT2D eigenvalue weighted by Crippen LogP contribution is -2.38. The number of rotatable bonds is 6. The molecular weight excluding hydrogens is 270 g/mol.